The number of pyridine rings is 1. The average Bonchev–Trinajstić information content (AvgIpc) is 2.86. The SMILES string of the molecule is C=CCOc1c(F)cccc1NC(=S)C1=C(NCc2ccncc2OCC(C)(C)OC)CCNC1=O. The molecule has 0 radical (unpaired) electrons. The second kappa shape index (κ2) is 12.5. The average molecular weight is 515 g/mol. The fourth-order valence-corrected chi connectivity index (χ4v) is 3.67. The number of nitrogens with zero attached hydrogens (tertiary/aromatic N) is 1. The lowest BCUT2D eigenvalue weighted by molar-refractivity contribution is -0.117. The van der Waals surface area contributed by atoms with E-state index in [2.05, 4.69) is 27.5 Å². The van der Waals surface area contributed by atoms with Crippen molar-refractivity contribution in [2.75, 3.05) is 32.2 Å². The van der Waals surface area contributed by atoms with Crippen LogP contribution in [0.25, 0.3) is 0 Å². The number of benzene rings is 1. The van der Waals surface area contributed by atoms with E-state index in [0.29, 0.717) is 43.3 Å². The lowest BCUT2D eigenvalue weighted by Crippen LogP contribution is -2.39. The summed E-state index contributed by atoms with van der Waals surface area (Å²) in [5, 5.41) is 9.11. The number of nitrogens with one attached hydrogen (secondary N) is 3. The van der Waals surface area contributed by atoms with Crippen molar-refractivity contribution in [1.29, 1.82) is 0 Å². The maximum atomic E-state index is 14.4. The number of para-hydroxylation sites is 1. The van der Waals surface area contributed by atoms with Crippen LogP contribution >= 0.6 is 12.2 Å². The molecule has 3 N–H and O–H groups in total. The molecule has 36 heavy (non-hydrogen) atoms. The molecule has 0 saturated heterocycles. The Morgan fingerprint density at radius 1 is 1.33 bits per heavy atom. The summed E-state index contributed by atoms with van der Waals surface area (Å²) in [5.41, 5.74) is 1.67. The van der Waals surface area contributed by atoms with Crippen LogP contribution in [0.1, 0.15) is 25.8 Å². The van der Waals surface area contributed by atoms with Crippen LogP contribution in [-0.4, -0.2) is 48.3 Å². The molecule has 0 atom stereocenters. The summed E-state index contributed by atoms with van der Waals surface area (Å²) in [5.74, 6) is -0.253. The Hall–Kier alpha value is -3.50. The lowest BCUT2D eigenvalue weighted by atomic mass is 10.1. The Kier molecular flexibility index (Phi) is 9.38. The molecule has 0 aliphatic carbocycles. The molecule has 0 spiro atoms. The molecule has 1 aromatic carbocycles. The van der Waals surface area contributed by atoms with Gasteiger partial charge in [-0.15, -0.1) is 0 Å². The normalized spacial score (nSPS) is 13.6. The summed E-state index contributed by atoms with van der Waals surface area (Å²) < 4.78 is 31.2. The van der Waals surface area contributed by atoms with Gasteiger partial charge in [-0.25, -0.2) is 4.39 Å². The van der Waals surface area contributed by atoms with Crippen molar-refractivity contribution < 1.29 is 23.4 Å². The Labute approximate surface area is 215 Å². The zero-order chi connectivity index (χ0) is 26.1. The largest absolute Gasteiger partial charge is 0.489 e. The van der Waals surface area contributed by atoms with Crippen LogP contribution in [0.2, 0.25) is 0 Å². The number of thiocarbonyl (C=S) groups is 1. The van der Waals surface area contributed by atoms with Gasteiger partial charge in [-0.1, -0.05) is 30.9 Å². The van der Waals surface area contributed by atoms with Gasteiger partial charge in [-0.05, 0) is 32.0 Å². The quantitative estimate of drug-likeness (QED) is 0.290. The van der Waals surface area contributed by atoms with Crippen molar-refractivity contribution >= 4 is 28.8 Å². The van der Waals surface area contributed by atoms with Crippen LogP contribution < -0.4 is 25.4 Å². The van der Waals surface area contributed by atoms with Gasteiger partial charge in [0.1, 0.15) is 24.0 Å². The number of hydrogen-bond acceptors (Lipinski definition) is 7. The molecule has 10 heteroatoms. The summed E-state index contributed by atoms with van der Waals surface area (Å²) in [7, 11) is 1.63. The molecule has 8 nitrogen and oxygen atoms in total. The molecule has 2 aromatic rings. The van der Waals surface area contributed by atoms with Crippen molar-refractivity contribution in [3.63, 3.8) is 0 Å². The molecule has 2 heterocycles. The van der Waals surface area contributed by atoms with Crippen molar-refractivity contribution in [2.24, 2.45) is 0 Å². The number of halogens is 1. The summed E-state index contributed by atoms with van der Waals surface area (Å²) in [4.78, 5) is 17.1. The van der Waals surface area contributed by atoms with Gasteiger partial charge in [0.25, 0.3) is 5.91 Å². The highest BCUT2D eigenvalue weighted by Crippen LogP contribution is 2.29. The third-order valence-electron chi connectivity index (χ3n) is 5.47. The second-order valence-corrected chi connectivity index (χ2v) is 9.03. The molecule has 3 rings (SSSR count). The number of amides is 1. The molecule has 1 amide bonds. The molecular formula is C26H31FN4O4S. The van der Waals surface area contributed by atoms with Gasteiger partial charge in [-0.3, -0.25) is 9.78 Å². The van der Waals surface area contributed by atoms with Crippen LogP contribution in [-0.2, 0) is 16.1 Å². The molecule has 1 aromatic heterocycles. The Bertz CT molecular complexity index is 1150. The topological polar surface area (TPSA) is 93.7 Å². The number of hydrogen-bond donors (Lipinski definition) is 3. The highest BCUT2D eigenvalue weighted by Gasteiger charge is 2.25. The molecule has 1 aliphatic rings. The second-order valence-electron chi connectivity index (χ2n) is 8.62. The molecule has 1 aliphatic heterocycles. The fraction of sp³-hybridized carbons (Fsp3) is 0.346. The van der Waals surface area contributed by atoms with E-state index >= 15 is 0 Å². The summed E-state index contributed by atoms with van der Waals surface area (Å²) >= 11 is 5.56. The minimum Gasteiger partial charge on any atom is -0.489 e. The number of rotatable bonds is 12. The van der Waals surface area contributed by atoms with E-state index in [0.717, 1.165) is 5.56 Å². The minimum absolute atomic E-state index is 0.00337. The zero-order valence-corrected chi connectivity index (χ0v) is 21.5. The monoisotopic (exact) mass is 514 g/mol. The maximum absolute atomic E-state index is 14.4. The van der Waals surface area contributed by atoms with Gasteiger partial charge in [0.05, 0.1) is 23.1 Å². The number of methoxy groups -OCH3 is 1. The molecule has 0 unspecified atom stereocenters. The van der Waals surface area contributed by atoms with Crippen LogP contribution in [0, 0.1) is 5.82 Å². The number of aromatic nitrogens is 1. The highest BCUT2D eigenvalue weighted by molar-refractivity contribution is 7.81. The van der Waals surface area contributed by atoms with Crippen LogP contribution in [0.4, 0.5) is 10.1 Å². The van der Waals surface area contributed by atoms with Crippen LogP contribution in [0.3, 0.4) is 0 Å². The highest BCUT2D eigenvalue weighted by atomic mass is 32.1. The predicted molar refractivity (Wildman–Crippen MR) is 141 cm³/mol. The third kappa shape index (κ3) is 7.02. The Balaban J connectivity index is 1.80. The van der Waals surface area contributed by atoms with Crippen molar-refractivity contribution in [3.8, 4) is 11.5 Å². The molecule has 0 bridgehead atoms. The van der Waals surface area contributed by atoms with Crippen LogP contribution in [0.15, 0.2) is 60.6 Å². The molecular weight excluding hydrogens is 483 g/mol. The summed E-state index contributed by atoms with van der Waals surface area (Å²) in [6.45, 7) is 8.76. The van der Waals surface area contributed by atoms with E-state index in [1.165, 1.54) is 18.2 Å². The van der Waals surface area contributed by atoms with Gasteiger partial charge >= 0.3 is 0 Å². The maximum Gasteiger partial charge on any atom is 0.256 e. The molecule has 0 fully saturated rings. The van der Waals surface area contributed by atoms with Gasteiger partial charge in [-0.2, -0.15) is 0 Å². The van der Waals surface area contributed by atoms with Crippen LogP contribution in [0.5, 0.6) is 11.5 Å². The van der Waals surface area contributed by atoms with Crippen molar-refractivity contribution in [1.82, 2.24) is 15.6 Å². The van der Waals surface area contributed by atoms with Gasteiger partial charge in [0.15, 0.2) is 11.6 Å². The first kappa shape index (κ1) is 27.1. The number of anilines is 1. The van der Waals surface area contributed by atoms with Crippen molar-refractivity contribution in [3.05, 3.63) is 72.0 Å². The smallest absolute Gasteiger partial charge is 0.256 e. The first-order chi connectivity index (χ1) is 17.3. The number of carbonyl (C=O) groups excluding carboxylic acids is 1. The Morgan fingerprint density at radius 2 is 2.14 bits per heavy atom. The van der Waals surface area contributed by atoms with E-state index in [4.69, 9.17) is 26.4 Å². The van der Waals surface area contributed by atoms with E-state index < -0.39 is 11.4 Å². The van der Waals surface area contributed by atoms with Gasteiger partial charge in [0, 0.05) is 44.1 Å². The minimum atomic E-state index is -0.549. The van der Waals surface area contributed by atoms with Gasteiger partial charge in [0.2, 0.25) is 0 Å². The van der Waals surface area contributed by atoms with E-state index in [1.54, 1.807) is 25.6 Å². The van der Waals surface area contributed by atoms with E-state index in [1.807, 2.05) is 19.9 Å². The Morgan fingerprint density at radius 3 is 2.89 bits per heavy atom. The fourth-order valence-electron chi connectivity index (χ4n) is 3.35. The molecule has 0 saturated carbocycles. The molecule has 192 valence electrons. The summed E-state index contributed by atoms with van der Waals surface area (Å²) in [6, 6.07) is 6.29. The van der Waals surface area contributed by atoms with Gasteiger partial charge < -0.3 is 30.2 Å². The van der Waals surface area contributed by atoms with E-state index in [9.17, 15) is 9.18 Å². The van der Waals surface area contributed by atoms with E-state index in [-0.39, 0.29) is 28.8 Å². The summed E-state index contributed by atoms with van der Waals surface area (Å²) in [6.07, 6.45) is 5.38. The van der Waals surface area contributed by atoms with Crippen molar-refractivity contribution in [2.45, 2.75) is 32.4 Å². The first-order valence-electron chi connectivity index (χ1n) is 11.5. The zero-order valence-electron chi connectivity index (χ0n) is 20.7. The number of ether oxygens (including phenoxy) is 3. The first-order valence-corrected chi connectivity index (χ1v) is 11.9. The number of carbonyl (C=O) groups is 1. The third-order valence-corrected chi connectivity index (χ3v) is 5.77. The lowest BCUT2D eigenvalue weighted by Gasteiger charge is -2.25. The standard InChI is InChI=1S/C26H31FN4O4S/c1-5-13-34-23-18(27)7-6-8-20(23)31-25(36)22-19(10-12-29-24(22)32)30-14-17-9-11-28-15-21(17)35-16-26(2,3)33-4/h5-9,11,15,30H,1,10,12-14,16H2,2-4H3,(H,29,32)(H,31,36). The predicted octanol–water partition coefficient (Wildman–Crippen LogP) is 3.89.